The molecule has 4 nitrogen and oxygen atoms in total. The zero-order valence-corrected chi connectivity index (χ0v) is 15.3. The van der Waals surface area contributed by atoms with Gasteiger partial charge in [-0.3, -0.25) is 4.79 Å². The minimum absolute atomic E-state index is 0.143. The highest BCUT2D eigenvalue weighted by atomic mass is 79.9. The molecule has 1 atom stereocenters. The first-order valence-electron chi connectivity index (χ1n) is 7.34. The highest BCUT2D eigenvalue weighted by Crippen LogP contribution is 2.39. The van der Waals surface area contributed by atoms with Gasteiger partial charge in [0.1, 0.15) is 11.0 Å². The van der Waals surface area contributed by atoms with Gasteiger partial charge < -0.3 is 9.84 Å². The molecule has 0 saturated heterocycles. The summed E-state index contributed by atoms with van der Waals surface area (Å²) in [5.74, 6) is 0.932. The molecule has 0 radical (unpaired) electrons. The third-order valence-electron chi connectivity index (χ3n) is 3.30. The second kappa shape index (κ2) is 7.68. The fraction of sp³-hybridized carbons (Fsp3) is 0.111. The number of hydrogen-bond donors (Lipinski definition) is 1. The smallest absolute Gasteiger partial charge is 0.243 e. The molecule has 0 aliphatic carbocycles. The predicted octanol–water partition coefficient (Wildman–Crippen LogP) is 5.22. The van der Waals surface area contributed by atoms with E-state index in [1.54, 1.807) is 13.0 Å². The molecular formula is C18H15BrN2O2S. The number of thioether (sulfide) groups is 1. The standard InChI is InChI=1S/C18H15BrN2O2S/c1-12-11-16(21-23-12)20-18(22)17(13-7-3-2-4-8-13)24-15-10-6-5-9-14(15)19/h2-11,17H,1H3,(H,20,21,22)/t17-/m0/s1. The van der Waals surface area contributed by atoms with Gasteiger partial charge in [0.25, 0.3) is 0 Å². The van der Waals surface area contributed by atoms with Crippen molar-refractivity contribution >= 4 is 39.4 Å². The van der Waals surface area contributed by atoms with Crippen molar-refractivity contribution in [3.8, 4) is 0 Å². The molecule has 3 rings (SSSR count). The van der Waals surface area contributed by atoms with Crippen molar-refractivity contribution in [2.45, 2.75) is 17.1 Å². The number of aryl methyl sites for hydroxylation is 1. The van der Waals surface area contributed by atoms with Gasteiger partial charge in [-0.05, 0) is 40.5 Å². The lowest BCUT2D eigenvalue weighted by Crippen LogP contribution is -2.19. The van der Waals surface area contributed by atoms with E-state index in [1.165, 1.54) is 11.8 Å². The zero-order chi connectivity index (χ0) is 16.9. The van der Waals surface area contributed by atoms with Gasteiger partial charge in [-0.15, -0.1) is 11.8 Å². The number of rotatable bonds is 5. The number of halogens is 1. The van der Waals surface area contributed by atoms with E-state index < -0.39 is 5.25 Å². The van der Waals surface area contributed by atoms with Gasteiger partial charge in [0, 0.05) is 15.4 Å². The summed E-state index contributed by atoms with van der Waals surface area (Å²) < 4.78 is 5.97. The fourth-order valence-corrected chi connectivity index (χ4v) is 3.80. The first-order valence-corrected chi connectivity index (χ1v) is 9.01. The normalized spacial score (nSPS) is 11.9. The van der Waals surface area contributed by atoms with Crippen LogP contribution < -0.4 is 5.32 Å². The summed E-state index contributed by atoms with van der Waals surface area (Å²) in [4.78, 5) is 13.8. The van der Waals surface area contributed by atoms with Crippen molar-refractivity contribution in [1.82, 2.24) is 5.16 Å². The average Bonchev–Trinajstić information content (AvgIpc) is 2.99. The molecule has 6 heteroatoms. The molecule has 1 aromatic heterocycles. The molecule has 0 unspecified atom stereocenters. The Morgan fingerprint density at radius 3 is 2.54 bits per heavy atom. The van der Waals surface area contributed by atoms with Crippen LogP contribution in [0.3, 0.4) is 0 Å². The van der Waals surface area contributed by atoms with Crippen molar-refractivity contribution in [1.29, 1.82) is 0 Å². The first kappa shape index (κ1) is 16.8. The molecule has 3 aromatic rings. The summed E-state index contributed by atoms with van der Waals surface area (Å²) in [6.07, 6.45) is 0. The molecule has 1 amide bonds. The van der Waals surface area contributed by atoms with Crippen LogP contribution in [0.4, 0.5) is 5.82 Å². The molecule has 0 fully saturated rings. The summed E-state index contributed by atoms with van der Waals surface area (Å²) in [6.45, 7) is 1.78. The number of nitrogens with one attached hydrogen (secondary N) is 1. The Morgan fingerprint density at radius 1 is 1.17 bits per heavy atom. The molecule has 0 spiro atoms. The fourth-order valence-electron chi connectivity index (χ4n) is 2.19. The van der Waals surface area contributed by atoms with Crippen LogP contribution in [0, 0.1) is 6.92 Å². The lowest BCUT2D eigenvalue weighted by molar-refractivity contribution is -0.115. The second-order valence-corrected chi connectivity index (χ2v) is 7.15. The van der Waals surface area contributed by atoms with Crippen molar-refractivity contribution in [2.75, 3.05) is 5.32 Å². The van der Waals surface area contributed by atoms with E-state index >= 15 is 0 Å². The van der Waals surface area contributed by atoms with Gasteiger partial charge in [0.2, 0.25) is 5.91 Å². The van der Waals surface area contributed by atoms with Crippen LogP contribution in [0.5, 0.6) is 0 Å². The Bertz CT molecular complexity index is 836. The van der Waals surface area contributed by atoms with E-state index in [9.17, 15) is 4.79 Å². The first-order chi connectivity index (χ1) is 11.6. The van der Waals surface area contributed by atoms with E-state index in [4.69, 9.17) is 4.52 Å². The number of anilines is 1. The van der Waals surface area contributed by atoms with Gasteiger partial charge in [-0.1, -0.05) is 47.6 Å². The molecule has 0 aliphatic rings. The summed E-state index contributed by atoms with van der Waals surface area (Å²) in [6, 6.07) is 19.2. The van der Waals surface area contributed by atoms with Crippen LogP contribution in [0.15, 0.2) is 74.6 Å². The molecule has 0 bridgehead atoms. The highest BCUT2D eigenvalue weighted by Gasteiger charge is 2.23. The van der Waals surface area contributed by atoms with Gasteiger partial charge in [0.15, 0.2) is 5.82 Å². The monoisotopic (exact) mass is 402 g/mol. The molecule has 122 valence electrons. The Hall–Kier alpha value is -2.05. The number of nitrogens with zero attached hydrogens (tertiary/aromatic N) is 1. The maximum absolute atomic E-state index is 12.8. The van der Waals surface area contributed by atoms with Crippen LogP contribution >= 0.6 is 27.7 Å². The Balaban J connectivity index is 1.87. The van der Waals surface area contributed by atoms with E-state index in [-0.39, 0.29) is 5.91 Å². The van der Waals surface area contributed by atoms with Crippen molar-refractivity contribution < 1.29 is 9.32 Å². The molecule has 0 saturated carbocycles. The van der Waals surface area contributed by atoms with E-state index in [0.717, 1.165) is 14.9 Å². The summed E-state index contributed by atoms with van der Waals surface area (Å²) in [7, 11) is 0. The summed E-state index contributed by atoms with van der Waals surface area (Å²) in [5, 5.41) is 6.25. The SMILES string of the molecule is Cc1cc(NC(=O)[C@@H](Sc2ccccc2Br)c2ccccc2)no1. The predicted molar refractivity (Wildman–Crippen MR) is 99.1 cm³/mol. The van der Waals surface area contributed by atoms with E-state index in [1.807, 2.05) is 54.6 Å². The van der Waals surface area contributed by atoms with Crippen LogP contribution in [-0.4, -0.2) is 11.1 Å². The summed E-state index contributed by atoms with van der Waals surface area (Å²) >= 11 is 5.02. The minimum Gasteiger partial charge on any atom is -0.360 e. The molecule has 24 heavy (non-hydrogen) atoms. The molecule has 1 N–H and O–H groups in total. The third-order valence-corrected chi connectivity index (χ3v) is 5.59. The molecule has 2 aromatic carbocycles. The largest absolute Gasteiger partial charge is 0.360 e. The lowest BCUT2D eigenvalue weighted by Gasteiger charge is -2.16. The Labute approximate surface area is 152 Å². The Kier molecular flexibility index (Phi) is 5.37. The summed E-state index contributed by atoms with van der Waals surface area (Å²) in [5.41, 5.74) is 0.927. The number of carbonyl (C=O) groups is 1. The topological polar surface area (TPSA) is 55.1 Å². The van der Waals surface area contributed by atoms with E-state index in [0.29, 0.717) is 11.6 Å². The number of amides is 1. The maximum Gasteiger partial charge on any atom is 0.243 e. The van der Waals surface area contributed by atoms with Crippen LogP contribution in [0.1, 0.15) is 16.6 Å². The number of aromatic nitrogens is 1. The van der Waals surface area contributed by atoms with Gasteiger partial charge in [-0.25, -0.2) is 0 Å². The third kappa shape index (κ3) is 4.07. The van der Waals surface area contributed by atoms with Gasteiger partial charge in [0.05, 0.1) is 0 Å². The van der Waals surface area contributed by atoms with Gasteiger partial charge in [-0.2, -0.15) is 0 Å². The van der Waals surface area contributed by atoms with Crippen LogP contribution in [0.25, 0.3) is 0 Å². The maximum atomic E-state index is 12.8. The molecular weight excluding hydrogens is 388 g/mol. The molecule has 0 aliphatic heterocycles. The minimum atomic E-state index is -0.401. The molecule has 1 heterocycles. The quantitative estimate of drug-likeness (QED) is 0.594. The van der Waals surface area contributed by atoms with Crippen molar-refractivity contribution in [3.63, 3.8) is 0 Å². The van der Waals surface area contributed by atoms with Crippen LogP contribution in [-0.2, 0) is 4.79 Å². The number of carbonyl (C=O) groups excluding carboxylic acids is 1. The average molecular weight is 403 g/mol. The highest BCUT2D eigenvalue weighted by molar-refractivity contribution is 9.10. The van der Waals surface area contributed by atoms with Crippen molar-refractivity contribution in [2.24, 2.45) is 0 Å². The zero-order valence-electron chi connectivity index (χ0n) is 12.9. The van der Waals surface area contributed by atoms with Crippen molar-refractivity contribution in [3.05, 3.63) is 76.5 Å². The number of benzene rings is 2. The number of hydrogen-bond acceptors (Lipinski definition) is 4. The lowest BCUT2D eigenvalue weighted by atomic mass is 10.1. The second-order valence-electron chi connectivity index (χ2n) is 5.15. The Morgan fingerprint density at radius 2 is 1.88 bits per heavy atom. The van der Waals surface area contributed by atoms with Crippen LogP contribution in [0.2, 0.25) is 0 Å². The van der Waals surface area contributed by atoms with Gasteiger partial charge >= 0.3 is 0 Å². The van der Waals surface area contributed by atoms with E-state index in [2.05, 4.69) is 26.4 Å².